The van der Waals surface area contributed by atoms with Crippen molar-refractivity contribution < 1.29 is 24.2 Å². The molecule has 3 aliphatic carbocycles. The number of ether oxygens (including phenoxy) is 1. The fourth-order valence-electron chi connectivity index (χ4n) is 5.52. The Kier molecular flexibility index (Phi) is 5.69. The van der Waals surface area contributed by atoms with E-state index in [0.717, 1.165) is 55.4 Å². The average molecular weight is 419 g/mol. The van der Waals surface area contributed by atoms with Crippen LogP contribution in [0.4, 0.5) is 5.00 Å². The van der Waals surface area contributed by atoms with Crippen molar-refractivity contribution in [1.29, 1.82) is 0 Å². The molecule has 1 amide bonds. The van der Waals surface area contributed by atoms with Crippen LogP contribution in [0, 0.1) is 29.6 Å². The van der Waals surface area contributed by atoms with E-state index in [0.29, 0.717) is 23.1 Å². The Labute approximate surface area is 175 Å². The number of carbonyl (C=O) groups is 3. The number of carbonyl (C=O) groups excluding carboxylic acids is 3. The average Bonchev–Trinajstić information content (AvgIpc) is 3.37. The van der Waals surface area contributed by atoms with Crippen LogP contribution in [0.15, 0.2) is 0 Å². The highest BCUT2D eigenvalue weighted by molar-refractivity contribution is 7.17. The van der Waals surface area contributed by atoms with Gasteiger partial charge in [0.2, 0.25) is 5.91 Å². The lowest BCUT2D eigenvalue weighted by Crippen LogP contribution is -2.44. The monoisotopic (exact) mass is 418 g/mol. The summed E-state index contributed by atoms with van der Waals surface area (Å²) < 4.78 is 5.40. The number of aliphatic carboxylic acids is 1. The Morgan fingerprint density at radius 1 is 1.17 bits per heavy atom. The molecular weight excluding hydrogens is 390 g/mol. The largest absolute Gasteiger partial charge is 0.550 e. The molecule has 0 aliphatic heterocycles. The normalized spacial score (nSPS) is 30.1. The lowest BCUT2D eigenvalue weighted by atomic mass is 9.78. The number of anilines is 1. The molecule has 1 aromatic rings. The summed E-state index contributed by atoms with van der Waals surface area (Å²) in [7, 11) is 0. The minimum Gasteiger partial charge on any atom is -0.550 e. The van der Waals surface area contributed by atoms with E-state index in [1.807, 2.05) is 6.92 Å². The van der Waals surface area contributed by atoms with Crippen LogP contribution in [0.5, 0.6) is 0 Å². The lowest BCUT2D eigenvalue weighted by molar-refractivity contribution is -0.314. The van der Waals surface area contributed by atoms with Crippen molar-refractivity contribution in [1.82, 2.24) is 0 Å². The van der Waals surface area contributed by atoms with Crippen molar-refractivity contribution in [3.05, 3.63) is 16.0 Å². The van der Waals surface area contributed by atoms with E-state index < -0.39 is 23.8 Å². The van der Waals surface area contributed by atoms with Gasteiger partial charge in [-0.15, -0.1) is 11.3 Å². The van der Waals surface area contributed by atoms with Crippen molar-refractivity contribution in [2.24, 2.45) is 29.6 Å². The molecule has 0 radical (unpaired) electrons. The molecule has 6 nitrogen and oxygen atoms in total. The third kappa shape index (κ3) is 3.69. The number of carboxylic acid groups (broad SMARTS) is 1. The molecule has 2 saturated carbocycles. The molecule has 0 unspecified atom stereocenters. The van der Waals surface area contributed by atoms with E-state index in [4.69, 9.17) is 4.74 Å². The first-order valence-electron chi connectivity index (χ1n) is 10.7. The first-order valence-corrected chi connectivity index (χ1v) is 11.6. The molecule has 1 heterocycles. The van der Waals surface area contributed by atoms with Gasteiger partial charge in [-0.25, -0.2) is 4.79 Å². The number of fused-ring (bicyclic) bond motifs is 3. The summed E-state index contributed by atoms with van der Waals surface area (Å²) in [4.78, 5) is 38.7. The maximum Gasteiger partial charge on any atom is 0.341 e. The highest BCUT2D eigenvalue weighted by atomic mass is 32.1. The lowest BCUT2D eigenvalue weighted by Gasteiger charge is -2.30. The van der Waals surface area contributed by atoms with Gasteiger partial charge >= 0.3 is 5.97 Å². The number of rotatable bonds is 6. The number of amides is 1. The van der Waals surface area contributed by atoms with Crippen molar-refractivity contribution >= 4 is 34.2 Å². The molecule has 4 rings (SSSR count). The van der Waals surface area contributed by atoms with Gasteiger partial charge < -0.3 is 20.0 Å². The molecule has 7 heteroatoms. The van der Waals surface area contributed by atoms with Crippen molar-refractivity contribution in [2.75, 3.05) is 11.9 Å². The van der Waals surface area contributed by atoms with Crippen LogP contribution in [0.25, 0.3) is 0 Å². The molecule has 1 aromatic heterocycles. The molecule has 0 saturated heterocycles. The number of thiophene rings is 1. The SMILES string of the molecule is CCCOC(=O)c1c(NC(=O)[C@H]2[C@@H]3CC[C@@H](C3)[C@@H]2C(=O)[O-])sc2c1CC[C@H](C)C2. The van der Waals surface area contributed by atoms with Gasteiger partial charge in [0.15, 0.2) is 0 Å². The van der Waals surface area contributed by atoms with Gasteiger partial charge in [-0.05, 0) is 68.3 Å². The zero-order chi connectivity index (χ0) is 20.7. The molecule has 0 spiro atoms. The van der Waals surface area contributed by atoms with Crippen LogP contribution >= 0.6 is 11.3 Å². The van der Waals surface area contributed by atoms with E-state index in [1.54, 1.807) is 0 Å². The maximum atomic E-state index is 13.1. The van der Waals surface area contributed by atoms with Crippen molar-refractivity contribution in [3.63, 3.8) is 0 Å². The van der Waals surface area contributed by atoms with Crippen LogP contribution in [-0.2, 0) is 27.2 Å². The molecule has 0 aromatic carbocycles. The Bertz CT molecular complexity index is 831. The third-order valence-corrected chi connectivity index (χ3v) is 8.05. The molecule has 158 valence electrons. The third-order valence-electron chi connectivity index (χ3n) is 6.88. The zero-order valence-electron chi connectivity index (χ0n) is 17.0. The number of nitrogens with one attached hydrogen (secondary N) is 1. The Morgan fingerprint density at radius 3 is 2.59 bits per heavy atom. The van der Waals surface area contributed by atoms with Gasteiger partial charge in [0.1, 0.15) is 5.00 Å². The first kappa shape index (κ1) is 20.4. The number of carboxylic acids is 1. The molecule has 29 heavy (non-hydrogen) atoms. The minimum absolute atomic E-state index is 0.0344. The van der Waals surface area contributed by atoms with Gasteiger partial charge in [0.05, 0.1) is 12.2 Å². The first-order chi connectivity index (χ1) is 13.9. The predicted molar refractivity (Wildman–Crippen MR) is 108 cm³/mol. The topological polar surface area (TPSA) is 95.5 Å². The van der Waals surface area contributed by atoms with Crippen LogP contribution < -0.4 is 10.4 Å². The zero-order valence-corrected chi connectivity index (χ0v) is 17.8. The van der Waals surface area contributed by atoms with E-state index in [-0.39, 0.29) is 17.7 Å². The van der Waals surface area contributed by atoms with Gasteiger partial charge in [0.25, 0.3) is 0 Å². The Balaban J connectivity index is 1.61. The van der Waals surface area contributed by atoms with Crippen LogP contribution in [0.3, 0.4) is 0 Å². The summed E-state index contributed by atoms with van der Waals surface area (Å²) in [6, 6.07) is 0. The molecule has 1 N–H and O–H groups in total. The Hall–Kier alpha value is -1.89. The van der Waals surface area contributed by atoms with Crippen molar-refractivity contribution in [3.8, 4) is 0 Å². The highest BCUT2D eigenvalue weighted by Gasteiger charge is 2.51. The standard InChI is InChI=1S/C22H29NO5S/c1-3-8-28-22(27)18-14-7-4-11(2)9-15(14)29-20(18)23-19(24)16-12-5-6-13(10-12)17(16)21(25)26/h11-13,16-17H,3-10H2,1-2H3,(H,23,24)(H,25,26)/p-1/t11-,12+,13-,16-,17-/m0/s1. The second kappa shape index (κ2) is 8.09. The van der Waals surface area contributed by atoms with Crippen LogP contribution in [-0.4, -0.2) is 24.5 Å². The van der Waals surface area contributed by atoms with E-state index in [2.05, 4.69) is 12.2 Å². The highest BCUT2D eigenvalue weighted by Crippen LogP contribution is 2.52. The fraction of sp³-hybridized carbons (Fsp3) is 0.682. The second-order valence-electron chi connectivity index (χ2n) is 8.88. The molecular formula is C22H28NO5S-. The molecule has 2 fully saturated rings. The van der Waals surface area contributed by atoms with Gasteiger partial charge in [-0.1, -0.05) is 13.8 Å². The quantitative estimate of drug-likeness (QED) is 0.717. The minimum atomic E-state index is -1.13. The maximum absolute atomic E-state index is 13.1. The summed E-state index contributed by atoms with van der Waals surface area (Å²) in [6.45, 7) is 4.47. The predicted octanol–water partition coefficient (Wildman–Crippen LogP) is 2.79. The number of hydrogen-bond acceptors (Lipinski definition) is 6. The molecule has 5 atom stereocenters. The van der Waals surface area contributed by atoms with E-state index in [9.17, 15) is 19.5 Å². The number of esters is 1. The van der Waals surface area contributed by atoms with Gasteiger partial charge in [-0.2, -0.15) is 0 Å². The van der Waals surface area contributed by atoms with E-state index >= 15 is 0 Å². The number of hydrogen-bond donors (Lipinski definition) is 1. The fourth-order valence-corrected chi connectivity index (χ4v) is 6.93. The van der Waals surface area contributed by atoms with Crippen molar-refractivity contribution in [2.45, 2.75) is 58.8 Å². The summed E-state index contributed by atoms with van der Waals surface area (Å²) >= 11 is 1.45. The summed E-state index contributed by atoms with van der Waals surface area (Å²) in [5, 5.41) is 15.1. The van der Waals surface area contributed by atoms with Gasteiger partial charge in [0, 0.05) is 22.7 Å². The van der Waals surface area contributed by atoms with Gasteiger partial charge in [-0.3, -0.25) is 4.79 Å². The molecule has 2 bridgehead atoms. The molecule has 3 aliphatic rings. The second-order valence-corrected chi connectivity index (χ2v) is 9.99. The summed E-state index contributed by atoms with van der Waals surface area (Å²) in [5.41, 5.74) is 1.47. The Morgan fingerprint density at radius 2 is 1.90 bits per heavy atom. The van der Waals surface area contributed by atoms with Crippen LogP contribution in [0.2, 0.25) is 0 Å². The summed E-state index contributed by atoms with van der Waals surface area (Å²) in [6.07, 6.45) is 5.94. The summed E-state index contributed by atoms with van der Waals surface area (Å²) in [5.74, 6) is -2.44. The smallest absolute Gasteiger partial charge is 0.341 e. The van der Waals surface area contributed by atoms with E-state index in [1.165, 1.54) is 11.3 Å². The van der Waals surface area contributed by atoms with Crippen LogP contribution in [0.1, 0.15) is 66.8 Å².